The van der Waals surface area contributed by atoms with E-state index in [4.69, 9.17) is 0 Å². The van der Waals surface area contributed by atoms with E-state index in [1.165, 1.54) is 38.6 Å². The lowest BCUT2D eigenvalue weighted by Crippen LogP contribution is -2.38. The molecule has 0 saturated heterocycles. The summed E-state index contributed by atoms with van der Waals surface area (Å²) in [5.74, 6) is 2.36. The Balaban J connectivity index is 1.76. The first-order valence-electron chi connectivity index (χ1n) is 7.05. The van der Waals surface area contributed by atoms with Gasteiger partial charge >= 0.3 is 0 Å². The highest BCUT2D eigenvalue weighted by atomic mass is 16.3. The Morgan fingerprint density at radius 3 is 2.38 bits per heavy atom. The van der Waals surface area contributed by atoms with Crippen molar-refractivity contribution in [2.75, 3.05) is 20.1 Å². The van der Waals surface area contributed by atoms with Gasteiger partial charge in [0.15, 0.2) is 0 Å². The van der Waals surface area contributed by atoms with Crippen molar-refractivity contribution in [2.24, 2.45) is 17.8 Å². The molecule has 2 heteroatoms. The number of aliphatic hydroxyl groups is 1. The van der Waals surface area contributed by atoms with Gasteiger partial charge in [0.05, 0.1) is 6.10 Å². The Morgan fingerprint density at radius 1 is 1.06 bits per heavy atom. The van der Waals surface area contributed by atoms with E-state index in [0.29, 0.717) is 5.92 Å². The summed E-state index contributed by atoms with van der Waals surface area (Å²) in [7, 11) is 2.22. The zero-order valence-electron chi connectivity index (χ0n) is 10.9. The lowest BCUT2D eigenvalue weighted by molar-refractivity contribution is 0.0303. The molecule has 0 bridgehead atoms. The highest BCUT2D eigenvalue weighted by Crippen LogP contribution is 2.33. The first-order valence-corrected chi connectivity index (χ1v) is 7.05. The van der Waals surface area contributed by atoms with Crippen molar-refractivity contribution in [3.05, 3.63) is 0 Å². The minimum atomic E-state index is -0.0375. The highest BCUT2D eigenvalue weighted by Gasteiger charge is 2.30. The normalized spacial score (nSPS) is 35.6. The molecule has 2 rings (SSSR count). The number of hydrogen-bond donors (Lipinski definition) is 1. The minimum absolute atomic E-state index is 0.0375. The van der Waals surface area contributed by atoms with Gasteiger partial charge in [-0.05, 0) is 56.9 Å². The van der Waals surface area contributed by atoms with E-state index >= 15 is 0 Å². The van der Waals surface area contributed by atoms with Crippen LogP contribution in [0.5, 0.6) is 0 Å². The molecule has 2 aliphatic carbocycles. The van der Waals surface area contributed by atoms with Crippen molar-refractivity contribution in [2.45, 2.75) is 51.6 Å². The quantitative estimate of drug-likeness (QED) is 0.777. The van der Waals surface area contributed by atoms with Crippen LogP contribution < -0.4 is 0 Å². The maximum absolute atomic E-state index is 10.1. The van der Waals surface area contributed by atoms with Crippen LogP contribution in [0.2, 0.25) is 0 Å². The van der Waals surface area contributed by atoms with Gasteiger partial charge in [0.2, 0.25) is 0 Å². The third-order valence-corrected chi connectivity index (χ3v) is 4.44. The van der Waals surface area contributed by atoms with E-state index in [2.05, 4.69) is 18.9 Å². The van der Waals surface area contributed by atoms with Gasteiger partial charge < -0.3 is 10.0 Å². The summed E-state index contributed by atoms with van der Waals surface area (Å²) in [6.45, 7) is 4.64. The average molecular weight is 225 g/mol. The van der Waals surface area contributed by atoms with Gasteiger partial charge in [0, 0.05) is 13.1 Å². The van der Waals surface area contributed by atoms with E-state index in [9.17, 15) is 5.11 Å². The van der Waals surface area contributed by atoms with Crippen LogP contribution in [0, 0.1) is 17.8 Å². The molecule has 94 valence electrons. The van der Waals surface area contributed by atoms with Crippen LogP contribution in [-0.4, -0.2) is 36.2 Å². The molecule has 0 amide bonds. The van der Waals surface area contributed by atoms with E-state index in [-0.39, 0.29) is 6.10 Å². The van der Waals surface area contributed by atoms with Gasteiger partial charge in [0.1, 0.15) is 0 Å². The second kappa shape index (κ2) is 5.50. The zero-order chi connectivity index (χ0) is 11.5. The molecule has 3 atom stereocenters. The molecule has 3 unspecified atom stereocenters. The molecular weight excluding hydrogens is 198 g/mol. The van der Waals surface area contributed by atoms with Crippen LogP contribution >= 0.6 is 0 Å². The Bertz CT molecular complexity index is 215. The Hall–Kier alpha value is -0.0800. The first-order chi connectivity index (χ1) is 7.69. The molecule has 2 aliphatic rings. The van der Waals surface area contributed by atoms with Crippen LogP contribution in [-0.2, 0) is 0 Å². The van der Waals surface area contributed by atoms with Gasteiger partial charge in [0.25, 0.3) is 0 Å². The van der Waals surface area contributed by atoms with Crippen molar-refractivity contribution in [1.29, 1.82) is 0 Å². The maximum atomic E-state index is 10.1. The van der Waals surface area contributed by atoms with Crippen molar-refractivity contribution < 1.29 is 5.11 Å². The molecule has 0 aromatic rings. The van der Waals surface area contributed by atoms with Crippen LogP contribution in [0.1, 0.15) is 45.4 Å². The van der Waals surface area contributed by atoms with Gasteiger partial charge in [-0.15, -0.1) is 0 Å². The second-order valence-corrected chi connectivity index (χ2v) is 6.08. The minimum Gasteiger partial charge on any atom is -0.393 e. The van der Waals surface area contributed by atoms with Crippen molar-refractivity contribution in [3.8, 4) is 0 Å². The second-order valence-electron chi connectivity index (χ2n) is 6.08. The fourth-order valence-electron chi connectivity index (χ4n) is 3.13. The molecule has 0 aromatic heterocycles. The summed E-state index contributed by atoms with van der Waals surface area (Å²) in [6.07, 6.45) is 7.61. The number of rotatable bonds is 5. The lowest BCUT2D eigenvalue weighted by Gasteiger charge is -2.35. The predicted octanol–water partition coefficient (Wildman–Crippen LogP) is 2.52. The Morgan fingerprint density at radius 2 is 1.75 bits per heavy atom. The molecule has 0 aliphatic heterocycles. The fraction of sp³-hybridized carbons (Fsp3) is 1.00. The van der Waals surface area contributed by atoms with Gasteiger partial charge in [-0.2, -0.15) is 0 Å². The monoisotopic (exact) mass is 225 g/mol. The fourth-order valence-corrected chi connectivity index (χ4v) is 3.13. The lowest BCUT2D eigenvalue weighted by atomic mass is 9.78. The number of nitrogens with zero attached hydrogens (tertiary/aromatic N) is 1. The summed E-state index contributed by atoms with van der Waals surface area (Å²) >= 11 is 0. The number of hydrogen-bond acceptors (Lipinski definition) is 2. The average Bonchev–Trinajstić information content (AvgIpc) is 3.05. The maximum Gasteiger partial charge on any atom is 0.0580 e. The molecule has 2 nitrogen and oxygen atoms in total. The predicted molar refractivity (Wildman–Crippen MR) is 67.3 cm³/mol. The third kappa shape index (κ3) is 3.46. The summed E-state index contributed by atoms with van der Waals surface area (Å²) in [5.41, 5.74) is 0. The van der Waals surface area contributed by atoms with Crippen molar-refractivity contribution in [3.63, 3.8) is 0 Å². The Kier molecular flexibility index (Phi) is 4.26. The van der Waals surface area contributed by atoms with Crippen LogP contribution in [0.3, 0.4) is 0 Å². The molecule has 0 spiro atoms. The topological polar surface area (TPSA) is 23.5 Å². The van der Waals surface area contributed by atoms with Crippen molar-refractivity contribution in [1.82, 2.24) is 4.90 Å². The molecule has 2 saturated carbocycles. The molecule has 2 fully saturated rings. The van der Waals surface area contributed by atoms with E-state index in [0.717, 1.165) is 24.8 Å². The van der Waals surface area contributed by atoms with Crippen molar-refractivity contribution >= 4 is 0 Å². The first kappa shape index (κ1) is 12.4. The molecular formula is C14H27NO. The van der Waals surface area contributed by atoms with Gasteiger partial charge in [-0.3, -0.25) is 0 Å². The summed E-state index contributed by atoms with van der Waals surface area (Å²) in [4.78, 5) is 2.45. The Labute approximate surface area is 100 Å². The van der Waals surface area contributed by atoms with Crippen LogP contribution in [0.25, 0.3) is 0 Å². The zero-order valence-corrected chi connectivity index (χ0v) is 10.9. The summed E-state index contributed by atoms with van der Waals surface area (Å²) in [5, 5.41) is 10.1. The molecule has 0 aromatic carbocycles. The molecule has 0 heterocycles. The molecule has 16 heavy (non-hydrogen) atoms. The smallest absolute Gasteiger partial charge is 0.0580 e. The molecule has 0 radical (unpaired) electrons. The third-order valence-electron chi connectivity index (χ3n) is 4.44. The van der Waals surface area contributed by atoms with Crippen LogP contribution in [0.15, 0.2) is 0 Å². The highest BCUT2D eigenvalue weighted by molar-refractivity contribution is 4.83. The van der Waals surface area contributed by atoms with Gasteiger partial charge in [-0.25, -0.2) is 0 Å². The van der Waals surface area contributed by atoms with Crippen LogP contribution in [0.4, 0.5) is 0 Å². The summed E-state index contributed by atoms with van der Waals surface area (Å²) < 4.78 is 0. The summed E-state index contributed by atoms with van der Waals surface area (Å²) in [6, 6.07) is 0. The van der Waals surface area contributed by atoms with Gasteiger partial charge in [-0.1, -0.05) is 13.3 Å². The molecule has 1 N–H and O–H groups in total. The van der Waals surface area contributed by atoms with E-state index < -0.39 is 0 Å². The SMILES string of the molecule is CCC1CCC(O)C(CN(C)CC2CC2)C1. The standard InChI is InChI=1S/C14H27NO/c1-3-11-6-7-14(16)13(8-11)10-15(2)9-12-4-5-12/h11-14,16H,3-10H2,1-2H3. The number of aliphatic hydroxyl groups excluding tert-OH is 1. The van der Waals surface area contributed by atoms with E-state index in [1.54, 1.807) is 0 Å². The largest absolute Gasteiger partial charge is 0.393 e. The van der Waals surface area contributed by atoms with E-state index in [1.807, 2.05) is 0 Å².